The monoisotopic (exact) mass is 483 g/mol. The maximum Gasteiger partial charge on any atom is 0.303 e. The fourth-order valence-electron chi connectivity index (χ4n) is 4.81. The summed E-state index contributed by atoms with van der Waals surface area (Å²) in [7, 11) is 0. The van der Waals surface area contributed by atoms with Crippen molar-refractivity contribution in [1.29, 1.82) is 0 Å². The number of aliphatic carboxylic acids is 1. The normalized spacial score (nSPS) is 14.4. The van der Waals surface area contributed by atoms with Crippen molar-refractivity contribution in [2.45, 2.75) is 38.5 Å². The highest BCUT2D eigenvalue weighted by Crippen LogP contribution is 2.37. The molecule has 1 aromatic heterocycles. The summed E-state index contributed by atoms with van der Waals surface area (Å²) in [5.74, 6) is 1.45. The Morgan fingerprint density at radius 3 is 2.69 bits per heavy atom. The zero-order valence-corrected chi connectivity index (χ0v) is 20.0. The predicted molar refractivity (Wildman–Crippen MR) is 138 cm³/mol. The zero-order chi connectivity index (χ0) is 25.1. The van der Waals surface area contributed by atoms with Crippen LogP contribution in [0.3, 0.4) is 0 Å². The van der Waals surface area contributed by atoms with Crippen molar-refractivity contribution in [1.82, 2.24) is 4.98 Å². The van der Waals surface area contributed by atoms with Gasteiger partial charge in [-0.1, -0.05) is 30.3 Å². The quantitative estimate of drug-likeness (QED) is 0.267. The van der Waals surface area contributed by atoms with Gasteiger partial charge in [-0.25, -0.2) is 4.98 Å². The second-order valence-electron chi connectivity index (χ2n) is 9.07. The Hall–Kier alpha value is -4.10. The lowest BCUT2D eigenvalue weighted by Crippen LogP contribution is -2.04. The van der Waals surface area contributed by atoms with E-state index < -0.39 is 5.97 Å². The number of nitrogens with one attached hydrogen (secondary N) is 1. The van der Waals surface area contributed by atoms with Crippen molar-refractivity contribution in [3.05, 3.63) is 94.5 Å². The molecule has 0 spiro atoms. The highest BCUT2D eigenvalue weighted by molar-refractivity contribution is 5.71. The number of aryl methyl sites for hydroxylation is 2. The van der Waals surface area contributed by atoms with Crippen LogP contribution in [0.15, 0.2) is 71.1 Å². The number of aromatic nitrogens is 1. The van der Waals surface area contributed by atoms with Crippen molar-refractivity contribution in [3.63, 3.8) is 0 Å². The molecule has 7 nitrogen and oxygen atoms in total. The number of carbonyl (C=O) groups is 1. The molecular weight excluding hydrogens is 456 g/mol. The van der Waals surface area contributed by atoms with E-state index in [0.29, 0.717) is 24.6 Å². The molecule has 0 aliphatic heterocycles. The number of fused-ring (bicyclic) bond motifs is 1. The van der Waals surface area contributed by atoms with Gasteiger partial charge in [0.25, 0.3) is 0 Å². The zero-order valence-electron chi connectivity index (χ0n) is 20.0. The lowest BCUT2D eigenvalue weighted by Gasteiger charge is -2.11. The van der Waals surface area contributed by atoms with Crippen LogP contribution >= 0.6 is 0 Å². The molecule has 1 aliphatic carbocycles. The molecule has 0 saturated carbocycles. The molecule has 3 aromatic carbocycles. The highest BCUT2D eigenvalue weighted by atomic mass is 16.5. The molecule has 0 radical (unpaired) electrons. The smallest absolute Gasteiger partial charge is 0.303 e. The van der Waals surface area contributed by atoms with Gasteiger partial charge in [-0.05, 0) is 84.3 Å². The first-order valence-corrected chi connectivity index (χ1v) is 12.0. The minimum absolute atomic E-state index is 0.0943. The Kier molecular flexibility index (Phi) is 6.73. The molecule has 7 heteroatoms. The van der Waals surface area contributed by atoms with Gasteiger partial charge >= 0.3 is 5.97 Å². The Bertz CT molecular complexity index is 1380. The van der Waals surface area contributed by atoms with E-state index in [1.165, 1.54) is 5.56 Å². The number of anilines is 1. The summed E-state index contributed by atoms with van der Waals surface area (Å²) < 4.78 is 11.9. The predicted octanol–water partition coefficient (Wildman–Crippen LogP) is 6.35. The van der Waals surface area contributed by atoms with Crippen molar-refractivity contribution in [2.24, 2.45) is 0 Å². The molecule has 0 unspecified atom stereocenters. The molecule has 1 aliphatic rings. The highest BCUT2D eigenvalue weighted by Gasteiger charge is 2.25. The minimum atomic E-state index is -0.755. The fraction of sp³-hybridized carbons (Fsp3) is 0.241. The number of hydrogen-bond donors (Lipinski definition) is 2. The van der Waals surface area contributed by atoms with Crippen LogP contribution in [0.4, 0.5) is 5.69 Å². The number of nitrogens with zero attached hydrogens (tertiary/aromatic N) is 1. The Balaban J connectivity index is 1.21. The van der Waals surface area contributed by atoms with Gasteiger partial charge in [0.15, 0.2) is 0 Å². The molecule has 0 saturated heterocycles. The second kappa shape index (κ2) is 10.3. The van der Waals surface area contributed by atoms with Crippen molar-refractivity contribution in [2.75, 3.05) is 12.1 Å². The summed E-state index contributed by atoms with van der Waals surface area (Å²) >= 11 is 0. The van der Waals surface area contributed by atoms with Crippen LogP contribution in [0.5, 0.6) is 5.75 Å². The fourth-order valence-corrected chi connectivity index (χ4v) is 4.81. The number of hydrogen-bond acceptors (Lipinski definition) is 6. The number of ether oxygens (including phenoxy) is 1. The van der Waals surface area contributed by atoms with Crippen molar-refractivity contribution < 1.29 is 19.1 Å². The number of carboxylic acid groups (broad SMARTS) is 1. The largest absolute Gasteiger partial charge is 0.761 e. The molecule has 184 valence electrons. The van der Waals surface area contributed by atoms with Crippen LogP contribution in [0.25, 0.3) is 22.6 Å². The molecule has 1 heterocycles. The number of rotatable bonds is 9. The van der Waals surface area contributed by atoms with Gasteiger partial charge in [-0.2, -0.15) is 0 Å². The van der Waals surface area contributed by atoms with E-state index in [9.17, 15) is 10.0 Å². The molecule has 0 fully saturated rings. The number of oxazole rings is 1. The summed E-state index contributed by atoms with van der Waals surface area (Å²) in [5.41, 5.74) is 8.43. The van der Waals surface area contributed by atoms with Crippen LogP contribution in [0.2, 0.25) is 0 Å². The van der Waals surface area contributed by atoms with Gasteiger partial charge in [0.2, 0.25) is 5.89 Å². The van der Waals surface area contributed by atoms with Crippen LogP contribution in [-0.4, -0.2) is 22.7 Å². The third-order valence-electron chi connectivity index (χ3n) is 6.68. The lowest BCUT2D eigenvalue weighted by molar-refractivity contribution is -0.137. The van der Waals surface area contributed by atoms with Gasteiger partial charge < -0.3 is 24.9 Å². The van der Waals surface area contributed by atoms with Gasteiger partial charge in [-0.15, -0.1) is 0 Å². The lowest BCUT2D eigenvalue weighted by atomic mass is 9.98. The van der Waals surface area contributed by atoms with Gasteiger partial charge in [0.1, 0.15) is 11.5 Å². The molecule has 4 aromatic rings. The Morgan fingerprint density at radius 2 is 1.92 bits per heavy atom. The molecule has 0 amide bonds. The average Bonchev–Trinajstić information content (AvgIpc) is 3.46. The molecule has 0 bridgehead atoms. The molecule has 2 N–H and O–H groups in total. The molecule has 5 rings (SSSR count). The van der Waals surface area contributed by atoms with Crippen LogP contribution in [0, 0.1) is 12.1 Å². The summed E-state index contributed by atoms with van der Waals surface area (Å²) in [4.78, 5) is 15.8. The van der Waals surface area contributed by atoms with Crippen LogP contribution < -0.4 is 10.2 Å². The van der Waals surface area contributed by atoms with Gasteiger partial charge in [0, 0.05) is 17.7 Å². The van der Waals surface area contributed by atoms with Crippen molar-refractivity contribution >= 4 is 11.7 Å². The summed E-state index contributed by atoms with van der Waals surface area (Å²) in [5, 5.41) is 20.0. The van der Waals surface area contributed by atoms with Crippen molar-refractivity contribution in [3.8, 4) is 28.3 Å². The van der Waals surface area contributed by atoms with E-state index in [1.54, 1.807) is 6.07 Å². The first-order chi connectivity index (χ1) is 17.5. The molecular formula is C29H27N2O5-. The van der Waals surface area contributed by atoms with E-state index in [-0.39, 0.29) is 12.3 Å². The third-order valence-corrected chi connectivity index (χ3v) is 6.68. The number of benzene rings is 3. The Labute approximate surface area is 209 Å². The molecule has 36 heavy (non-hydrogen) atoms. The standard InChI is InChI=1S/C29H27N2O5/c1-18-27(13-14-35-25-11-12-26-22(16-25)9-10-23(26)17-28(32)33)30-29(36-18)20-7-5-19(6-8-20)21-3-2-4-24(15-21)31-34/h2-8,11-12,15-16,23,31H,9-10,13-14,17H2,1H3,(H,32,33)/q-1/t23-/m0/s1. The summed E-state index contributed by atoms with van der Waals surface area (Å²) in [6, 6.07) is 21.2. The van der Waals surface area contributed by atoms with Crippen LogP contribution in [-0.2, 0) is 17.6 Å². The first-order valence-electron chi connectivity index (χ1n) is 12.0. The molecule has 1 atom stereocenters. The number of carboxylic acids is 1. The van der Waals surface area contributed by atoms with Gasteiger partial charge in [0.05, 0.1) is 18.7 Å². The maximum absolute atomic E-state index is 11.1. The topological polar surface area (TPSA) is 108 Å². The summed E-state index contributed by atoms with van der Waals surface area (Å²) in [6.45, 7) is 2.37. The van der Waals surface area contributed by atoms with E-state index in [0.717, 1.165) is 52.3 Å². The Morgan fingerprint density at radius 1 is 1.11 bits per heavy atom. The maximum atomic E-state index is 11.1. The van der Waals surface area contributed by atoms with E-state index in [1.807, 2.05) is 73.1 Å². The van der Waals surface area contributed by atoms with Crippen LogP contribution in [0.1, 0.15) is 41.3 Å². The van der Waals surface area contributed by atoms with E-state index in [2.05, 4.69) is 4.98 Å². The minimum Gasteiger partial charge on any atom is -0.761 e. The van der Waals surface area contributed by atoms with E-state index in [4.69, 9.17) is 14.3 Å². The second-order valence-corrected chi connectivity index (χ2v) is 9.07. The first kappa shape index (κ1) is 23.6. The summed E-state index contributed by atoms with van der Waals surface area (Å²) in [6.07, 6.45) is 2.55. The van der Waals surface area contributed by atoms with Gasteiger partial charge in [-0.3, -0.25) is 4.79 Å². The SMILES string of the molecule is Cc1oc(-c2ccc(-c3cccc(N[O-])c3)cc2)nc1CCOc1ccc2c(c1)CC[C@H]2CC(=O)O. The third kappa shape index (κ3) is 5.11. The van der Waals surface area contributed by atoms with E-state index >= 15 is 0 Å². The average molecular weight is 484 g/mol.